The Labute approximate surface area is 85.5 Å². The van der Waals surface area contributed by atoms with Gasteiger partial charge >= 0.3 is 0 Å². The summed E-state index contributed by atoms with van der Waals surface area (Å²) in [5, 5.41) is 13.1. The Balaban J connectivity index is 1.78. The second kappa shape index (κ2) is 4.36. The van der Waals surface area contributed by atoms with Crippen molar-refractivity contribution in [3.8, 4) is 0 Å². The van der Waals surface area contributed by atoms with Crippen molar-refractivity contribution < 1.29 is 4.79 Å². The third kappa shape index (κ3) is 2.63. The summed E-state index contributed by atoms with van der Waals surface area (Å²) in [6.07, 6.45) is 4.52. The van der Waals surface area contributed by atoms with Crippen molar-refractivity contribution in [3.63, 3.8) is 0 Å². The lowest BCUT2D eigenvalue weighted by molar-refractivity contribution is -0.122. The van der Waals surface area contributed by atoms with Gasteiger partial charge in [0.25, 0.3) is 0 Å². The highest BCUT2D eigenvalue weighted by atomic mass is 16.2. The Kier molecular flexibility index (Phi) is 2.72. The van der Waals surface area contributed by atoms with Crippen molar-refractivity contribution in [2.75, 3.05) is 0 Å². The number of nitrogens with one attached hydrogen (secondary N) is 2. The van der Waals surface area contributed by atoms with Gasteiger partial charge in [0.05, 0.1) is 12.2 Å². The number of hydrogen-bond acceptors (Lipinski definition) is 4. The topological polar surface area (TPSA) is 88.5 Å². The molecule has 0 saturated heterocycles. The predicted molar refractivity (Wildman–Crippen MR) is 50.5 cm³/mol. The van der Waals surface area contributed by atoms with Crippen molar-refractivity contribution >= 4 is 5.91 Å². The highest BCUT2D eigenvalue weighted by Crippen LogP contribution is 1.90. The summed E-state index contributed by atoms with van der Waals surface area (Å²) in [5.74, 6) is -0.116. The molecule has 2 heterocycles. The largest absolute Gasteiger partial charge is 0.349 e. The molecule has 78 valence electrons. The number of hydrogen-bond donors (Lipinski definition) is 2. The van der Waals surface area contributed by atoms with Crippen molar-refractivity contribution in [1.29, 1.82) is 0 Å². The van der Waals surface area contributed by atoms with E-state index < -0.39 is 0 Å². The van der Waals surface area contributed by atoms with E-state index in [0.29, 0.717) is 6.54 Å². The van der Waals surface area contributed by atoms with Gasteiger partial charge < -0.3 is 5.32 Å². The zero-order valence-electron chi connectivity index (χ0n) is 7.92. The van der Waals surface area contributed by atoms with Crippen LogP contribution in [-0.2, 0) is 17.9 Å². The number of amides is 1. The molecule has 0 fully saturated rings. The molecular weight excluding hydrogens is 196 g/mol. The van der Waals surface area contributed by atoms with Crippen molar-refractivity contribution in [2.45, 2.75) is 13.1 Å². The number of aromatic nitrogens is 5. The molecule has 0 radical (unpaired) electrons. The summed E-state index contributed by atoms with van der Waals surface area (Å²) < 4.78 is 1.46. The van der Waals surface area contributed by atoms with Gasteiger partial charge in [-0.3, -0.25) is 9.89 Å². The second-order valence-corrected chi connectivity index (χ2v) is 2.95. The molecular formula is C8H10N6O. The number of H-pyrrole nitrogens is 1. The molecule has 2 aromatic rings. The van der Waals surface area contributed by atoms with Crippen LogP contribution in [0.4, 0.5) is 0 Å². The van der Waals surface area contributed by atoms with Crippen molar-refractivity contribution in [1.82, 2.24) is 30.3 Å². The fourth-order valence-corrected chi connectivity index (χ4v) is 1.09. The standard InChI is InChI=1S/C8H10N6O/c15-8(4-14-6-9-5-12-14)10-3-7-1-2-11-13-7/h1-2,5-6H,3-4H2,(H,10,15)(H,11,13). The van der Waals surface area contributed by atoms with Gasteiger partial charge in [0.2, 0.25) is 5.91 Å². The van der Waals surface area contributed by atoms with Crippen LogP contribution >= 0.6 is 0 Å². The quantitative estimate of drug-likeness (QED) is 0.693. The minimum Gasteiger partial charge on any atom is -0.349 e. The summed E-state index contributed by atoms with van der Waals surface area (Å²) in [7, 11) is 0. The molecule has 0 unspecified atom stereocenters. The Morgan fingerprint density at radius 2 is 2.53 bits per heavy atom. The molecule has 7 nitrogen and oxygen atoms in total. The highest BCUT2D eigenvalue weighted by Gasteiger charge is 2.02. The Bertz CT molecular complexity index is 406. The Morgan fingerprint density at radius 1 is 1.60 bits per heavy atom. The van der Waals surface area contributed by atoms with Crippen LogP contribution in [0, 0.1) is 0 Å². The van der Waals surface area contributed by atoms with Gasteiger partial charge in [0.1, 0.15) is 19.2 Å². The van der Waals surface area contributed by atoms with Gasteiger partial charge in [-0.2, -0.15) is 10.2 Å². The maximum absolute atomic E-state index is 11.4. The molecule has 15 heavy (non-hydrogen) atoms. The molecule has 0 saturated carbocycles. The van der Waals surface area contributed by atoms with E-state index >= 15 is 0 Å². The fourth-order valence-electron chi connectivity index (χ4n) is 1.09. The average Bonchev–Trinajstić information content (AvgIpc) is 2.86. The monoisotopic (exact) mass is 206 g/mol. The number of nitrogens with zero attached hydrogens (tertiary/aromatic N) is 4. The smallest absolute Gasteiger partial charge is 0.242 e. The van der Waals surface area contributed by atoms with Crippen LogP contribution in [0.25, 0.3) is 0 Å². The first-order chi connectivity index (χ1) is 7.34. The van der Waals surface area contributed by atoms with Crippen LogP contribution in [0.15, 0.2) is 24.9 Å². The van der Waals surface area contributed by atoms with Gasteiger partial charge in [0.15, 0.2) is 0 Å². The van der Waals surface area contributed by atoms with Crippen LogP contribution in [0.5, 0.6) is 0 Å². The third-order valence-electron chi connectivity index (χ3n) is 1.81. The average molecular weight is 206 g/mol. The van der Waals surface area contributed by atoms with E-state index in [4.69, 9.17) is 0 Å². The first-order valence-corrected chi connectivity index (χ1v) is 4.42. The molecule has 0 aliphatic heterocycles. The van der Waals surface area contributed by atoms with Gasteiger partial charge in [-0.05, 0) is 6.07 Å². The minimum atomic E-state index is -0.116. The fraction of sp³-hybridized carbons (Fsp3) is 0.250. The number of carbonyl (C=O) groups is 1. The predicted octanol–water partition coefficient (Wildman–Crippen LogP) is -0.682. The molecule has 0 atom stereocenters. The van der Waals surface area contributed by atoms with E-state index in [-0.39, 0.29) is 12.5 Å². The zero-order chi connectivity index (χ0) is 10.5. The van der Waals surface area contributed by atoms with Crippen LogP contribution in [-0.4, -0.2) is 30.9 Å². The lowest BCUT2D eigenvalue weighted by Gasteiger charge is -2.02. The van der Waals surface area contributed by atoms with E-state index in [1.807, 2.05) is 0 Å². The van der Waals surface area contributed by atoms with E-state index in [0.717, 1.165) is 5.69 Å². The summed E-state index contributed by atoms with van der Waals surface area (Å²) in [4.78, 5) is 15.1. The van der Waals surface area contributed by atoms with Crippen LogP contribution in [0.2, 0.25) is 0 Å². The summed E-state index contributed by atoms with van der Waals surface area (Å²) >= 11 is 0. The number of rotatable bonds is 4. The molecule has 0 aliphatic carbocycles. The highest BCUT2D eigenvalue weighted by molar-refractivity contribution is 5.75. The Hall–Kier alpha value is -2.18. The SMILES string of the molecule is O=C(Cn1cncn1)NCc1ccn[nH]1. The maximum Gasteiger partial charge on any atom is 0.242 e. The molecule has 0 spiro atoms. The van der Waals surface area contributed by atoms with Crippen LogP contribution in [0.1, 0.15) is 5.69 Å². The van der Waals surface area contributed by atoms with Crippen molar-refractivity contribution in [2.24, 2.45) is 0 Å². The van der Waals surface area contributed by atoms with Crippen molar-refractivity contribution in [3.05, 3.63) is 30.6 Å². The summed E-state index contributed by atoms with van der Waals surface area (Å²) in [6, 6.07) is 1.80. The Morgan fingerprint density at radius 3 is 3.20 bits per heavy atom. The molecule has 2 rings (SSSR count). The molecule has 0 aromatic carbocycles. The summed E-state index contributed by atoms with van der Waals surface area (Å²) in [5.41, 5.74) is 0.863. The molecule has 7 heteroatoms. The van der Waals surface area contributed by atoms with E-state index in [1.165, 1.54) is 17.3 Å². The van der Waals surface area contributed by atoms with Gasteiger partial charge in [-0.1, -0.05) is 0 Å². The summed E-state index contributed by atoms with van der Waals surface area (Å²) in [6.45, 7) is 0.613. The molecule has 0 bridgehead atoms. The normalized spacial score (nSPS) is 10.1. The van der Waals surface area contributed by atoms with E-state index in [1.54, 1.807) is 12.3 Å². The maximum atomic E-state index is 11.4. The first kappa shape index (κ1) is 9.38. The van der Waals surface area contributed by atoms with Gasteiger partial charge in [0, 0.05) is 6.20 Å². The van der Waals surface area contributed by atoms with Gasteiger partial charge in [-0.25, -0.2) is 9.67 Å². The molecule has 1 amide bonds. The molecule has 2 N–H and O–H groups in total. The number of carbonyl (C=O) groups excluding carboxylic acids is 1. The van der Waals surface area contributed by atoms with Crippen LogP contribution < -0.4 is 5.32 Å². The van der Waals surface area contributed by atoms with E-state index in [9.17, 15) is 4.79 Å². The third-order valence-corrected chi connectivity index (χ3v) is 1.81. The lowest BCUT2D eigenvalue weighted by Crippen LogP contribution is -2.27. The minimum absolute atomic E-state index is 0.116. The van der Waals surface area contributed by atoms with Gasteiger partial charge in [-0.15, -0.1) is 0 Å². The molecule has 2 aromatic heterocycles. The van der Waals surface area contributed by atoms with Crippen LogP contribution in [0.3, 0.4) is 0 Å². The van der Waals surface area contributed by atoms with E-state index in [2.05, 4.69) is 25.6 Å². The zero-order valence-corrected chi connectivity index (χ0v) is 7.92. The first-order valence-electron chi connectivity index (χ1n) is 4.42. The molecule has 0 aliphatic rings. The lowest BCUT2D eigenvalue weighted by atomic mass is 10.4. The number of aromatic amines is 1. The second-order valence-electron chi connectivity index (χ2n) is 2.95.